The molecule has 0 amide bonds. The van der Waals surface area contributed by atoms with Gasteiger partial charge in [-0.15, -0.1) is 0 Å². The van der Waals surface area contributed by atoms with E-state index >= 15 is 0 Å². The first-order chi connectivity index (χ1) is 14.0. The molecular weight excluding hydrogens is 391 g/mol. The molecule has 0 saturated heterocycles. The van der Waals surface area contributed by atoms with E-state index in [2.05, 4.69) is 0 Å². The van der Waals surface area contributed by atoms with E-state index < -0.39 is 5.97 Å². The van der Waals surface area contributed by atoms with Crippen LogP contribution < -0.4 is 0 Å². The number of nitrogens with zero attached hydrogens (tertiary/aromatic N) is 2. The van der Waals surface area contributed by atoms with Gasteiger partial charge in [-0.3, -0.25) is 4.68 Å². The minimum atomic E-state index is -0.956. The molecule has 4 rings (SSSR count). The number of benzene rings is 3. The molecule has 0 bridgehead atoms. The molecule has 0 aliphatic heterocycles. The molecule has 4 nitrogen and oxygen atoms in total. The second-order valence-corrected chi connectivity index (χ2v) is 7.03. The average Bonchev–Trinajstić information content (AvgIpc) is 3.05. The number of halogens is 2. The van der Waals surface area contributed by atoms with Gasteiger partial charge in [-0.1, -0.05) is 41.9 Å². The van der Waals surface area contributed by atoms with Gasteiger partial charge in [-0.2, -0.15) is 5.10 Å². The molecule has 0 radical (unpaired) electrons. The zero-order valence-electron chi connectivity index (χ0n) is 15.2. The van der Waals surface area contributed by atoms with E-state index in [1.165, 1.54) is 12.1 Å². The van der Waals surface area contributed by atoms with Crippen molar-refractivity contribution in [3.05, 3.63) is 100.0 Å². The van der Waals surface area contributed by atoms with Gasteiger partial charge in [0.1, 0.15) is 5.82 Å². The molecule has 1 N–H and O–H groups in total. The van der Waals surface area contributed by atoms with E-state index in [0.717, 1.165) is 27.7 Å². The van der Waals surface area contributed by atoms with E-state index in [9.17, 15) is 9.18 Å². The predicted molar refractivity (Wildman–Crippen MR) is 113 cm³/mol. The van der Waals surface area contributed by atoms with Gasteiger partial charge in [0.15, 0.2) is 0 Å². The summed E-state index contributed by atoms with van der Waals surface area (Å²) in [4.78, 5) is 11.0. The van der Waals surface area contributed by atoms with Gasteiger partial charge in [-0.05, 0) is 59.7 Å². The van der Waals surface area contributed by atoms with E-state index in [1.807, 2.05) is 35.0 Å². The Labute approximate surface area is 171 Å². The Morgan fingerprint density at radius 3 is 2.45 bits per heavy atom. The van der Waals surface area contributed by atoms with E-state index in [0.29, 0.717) is 11.6 Å². The van der Waals surface area contributed by atoms with Gasteiger partial charge in [0.05, 0.1) is 23.3 Å². The lowest BCUT2D eigenvalue weighted by Gasteiger charge is -2.04. The third-order valence-electron chi connectivity index (χ3n) is 4.58. The zero-order valence-corrected chi connectivity index (χ0v) is 16.0. The SMILES string of the molecule is O=C(O)c1ccc(C=Cc2nn(Cc3ccc(F)cc3)c3cc(Cl)ccc23)cc1. The lowest BCUT2D eigenvalue weighted by molar-refractivity contribution is 0.0697. The fourth-order valence-corrected chi connectivity index (χ4v) is 3.26. The van der Waals surface area contributed by atoms with Crippen molar-refractivity contribution in [3.63, 3.8) is 0 Å². The normalized spacial score (nSPS) is 11.4. The Morgan fingerprint density at radius 2 is 1.76 bits per heavy atom. The Morgan fingerprint density at radius 1 is 1.03 bits per heavy atom. The first-order valence-corrected chi connectivity index (χ1v) is 9.29. The summed E-state index contributed by atoms with van der Waals surface area (Å²) < 4.78 is 15.0. The van der Waals surface area contributed by atoms with E-state index in [4.69, 9.17) is 21.8 Å². The molecule has 0 spiro atoms. The van der Waals surface area contributed by atoms with Crippen LogP contribution in [0.4, 0.5) is 4.39 Å². The Balaban J connectivity index is 1.68. The van der Waals surface area contributed by atoms with Crippen molar-refractivity contribution in [1.82, 2.24) is 9.78 Å². The van der Waals surface area contributed by atoms with Crippen LogP contribution >= 0.6 is 11.6 Å². The number of aromatic nitrogens is 2. The molecule has 0 fully saturated rings. The number of carbonyl (C=O) groups is 1. The smallest absolute Gasteiger partial charge is 0.335 e. The summed E-state index contributed by atoms with van der Waals surface area (Å²) in [5, 5.41) is 15.2. The third kappa shape index (κ3) is 4.20. The molecule has 29 heavy (non-hydrogen) atoms. The lowest BCUT2D eigenvalue weighted by Crippen LogP contribution is -2.01. The molecule has 0 unspecified atom stereocenters. The Kier molecular flexibility index (Phi) is 5.14. The topological polar surface area (TPSA) is 55.1 Å². The monoisotopic (exact) mass is 406 g/mol. The first-order valence-electron chi connectivity index (χ1n) is 8.91. The maximum Gasteiger partial charge on any atom is 0.335 e. The highest BCUT2D eigenvalue weighted by atomic mass is 35.5. The van der Waals surface area contributed by atoms with Crippen molar-refractivity contribution < 1.29 is 14.3 Å². The summed E-state index contributed by atoms with van der Waals surface area (Å²) in [6.45, 7) is 0.484. The fraction of sp³-hybridized carbons (Fsp3) is 0.0435. The molecule has 4 aromatic rings. The van der Waals surface area contributed by atoms with Crippen molar-refractivity contribution in [1.29, 1.82) is 0 Å². The number of hydrogen-bond acceptors (Lipinski definition) is 2. The van der Waals surface area contributed by atoms with Crippen LogP contribution in [0.15, 0.2) is 66.7 Å². The van der Waals surface area contributed by atoms with Crippen LogP contribution in [0.3, 0.4) is 0 Å². The number of rotatable bonds is 5. The predicted octanol–water partition coefficient (Wildman–Crippen LogP) is 5.75. The van der Waals surface area contributed by atoms with Gasteiger partial charge >= 0.3 is 5.97 Å². The molecule has 0 aliphatic rings. The molecule has 0 aliphatic carbocycles. The molecule has 144 valence electrons. The fourth-order valence-electron chi connectivity index (χ4n) is 3.09. The number of carboxylic acid groups (broad SMARTS) is 1. The van der Waals surface area contributed by atoms with Crippen LogP contribution in [0.1, 0.15) is 27.2 Å². The molecule has 1 aromatic heterocycles. The van der Waals surface area contributed by atoms with Crippen molar-refractivity contribution in [2.24, 2.45) is 0 Å². The standard InChI is InChI=1S/C23H16ClFN2O2/c24-18-8-11-20-21(12-5-15-1-6-17(7-2-15)23(28)29)26-27(22(20)13-18)14-16-3-9-19(25)10-4-16/h1-13H,14H2,(H,28,29). The number of carboxylic acids is 1. The number of hydrogen-bond donors (Lipinski definition) is 1. The molecule has 1 heterocycles. The molecule has 3 aromatic carbocycles. The van der Waals surface area contributed by atoms with Crippen molar-refractivity contribution >= 4 is 40.6 Å². The zero-order chi connectivity index (χ0) is 20.4. The van der Waals surface area contributed by atoms with Crippen molar-refractivity contribution in [2.75, 3.05) is 0 Å². The second kappa shape index (κ2) is 7.89. The van der Waals surface area contributed by atoms with Crippen molar-refractivity contribution in [2.45, 2.75) is 6.54 Å². The largest absolute Gasteiger partial charge is 0.478 e. The molecule has 6 heteroatoms. The summed E-state index contributed by atoms with van der Waals surface area (Å²) in [7, 11) is 0. The summed E-state index contributed by atoms with van der Waals surface area (Å²) >= 11 is 6.18. The Bertz CT molecular complexity index is 1210. The average molecular weight is 407 g/mol. The van der Waals surface area contributed by atoms with Gasteiger partial charge < -0.3 is 5.11 Å². The summed E-state index contributed by atoms with van der Waals surface area (Å²) in [5.74, 6) is -1.23. The number of aromatic carboxylic acids is 1. The Hall–Kier alpha value is -3.44. The van der Waals surface area contributed by atoms with Crippen LogP contribution in [0.5, 0.6) is 0 Å². The van der Waals surface area contributed by atoms with Gasteiger partial charge in [0, 0.05) is 10.4 Å². The van der Waals surface area contributed by atoms with Crippen LogP contribution in [-0.2, 0) is 6.54 Å². The van der Waals surface area contributed by atoms with Crippen LogP contribution in [0.25, 0.3) is 23.1 Å². The minimum Gasteiger partial charge on any atom is -0.478 e. The van der Waals surface area contributed by atoms with Gasteiger partial charge in [0.25, 0.3) is 0 Å². The summed E-state index contributed by atoms with van der Waals surface area (Å²) in [6.07, 6.45) is 3.76. The second-order valence-electron chi connectivity index (χ2n) is 6.59. The van der Waals surface area contributed by atoms with Crippen LogP contribution in [0, 0.1) is 5.82 Å². The maximum atomic E-state index is 13.2. The maximum absolute atomic E-state index is 13.2. The molecule has 0 saturated carbocycles. The summed E-state index contributed by atoms with van der Waals surface area (Å²) in [6, 6.07) is 18.5. The number of fused-ring (bicyclic) bond motifs is 1. The summed E-state index contributed by atoms with van der Waals surface area (Å²) in [5.41, 5.74) is 3.68. The van der Waals surface area contributed by atoms with Gasteiger partial charge in [0.2, 0.25) is 0 Å². The van der Waals surface area contributed by atoms with E-state index in [-0.39, 0.29) is 11.4 Å². The van der Waals surface area contributed by atoms with Crippen molar-refractivity contribution in [3.8, 4) is 0 Å². The highest BCUT2D eigenvalue weighted by Gasteiger charge is 2.10. The minimum absolute atomic E-state index is 0.241. The quantitative estimate of drug-likeness (QED) is 0.459. The lowest BCUT2D eigenvalue weighted by atomic mass is 10.1. The highest BCUT2D eigenvalue weighted by Crippen LogP contribution is 2.25. The third-order valence-corrected chi connectivity index (χ3v) is 4.81. The molecular formula is C23H16ClFN2O2. The van der Waals surface area contributed by atoms with Crippen LogP contribution in [-0.4, -0.2) is 20.9 Å². The first kappa shape index (κ1) is 18.9. The van der Waals surface area contributed by atoms with E-state index in [1.54, 1.807) is 36.4 Å². The van der Waals surface area contributed by atoms with Gasteiger partial charge in [-0.25, -0.2) is 9.18 Å². The van der Waals surface area contributed by atoms with Crippen LogP contribution in [0.2, 0.25) is 5.02 Å². The highest BCUT2D eigenvalue weighted by molar-refractivity contribution is 6.31. The molecule has 0 atom stereocenters.